The quantitative estimate of drug-likeness (QED) is 0.616. The highest BCUT2D eigenvalue weighted by Gasteiger charge is 2.69. The third-order valence-corrected chi connectivity index (χ3v) is 3.95. The van der Waals surface area contributed by atoms with Gasteiger partial charge in [-0.3, -0.25) is 14.9 Å². The third-order valence-electron chi connectivity index (χ3n) is 3.95. The van der Waals surface area contributed by atoms with Crippen LogP contribution in [0.4, 0.5) is 32.4 Å². The van der Waals surface area contributed by atoms with Crippen LogP contribution in [0.1, 0.15) is 10.4 Å². The normalized spacial score (nSPS) is 19.5. The van der Waals surface area contributed by atoms with E-state index in [2.05, 4.69) is 0 Å². The van der Waals surface area contributed by atoms with Crippen LogP contribution in [0, 0.1) is 11.6 Å². The van der Waals surface area contributed by atoms with Crippen molar-refractivity contribution in [3.8, 4) is 0 Å². The molecule has 1 unspecified atom stereocenters. The number of anilines is 1. The Bertz CT molecular complexity index is 961. The van der Waals surface area contributed by atoms with Crippen molar-refractivity contribution in [1.29, 1.82) is 0 Å². The van der Waals surface area contributed by atoms with Crippen molar-refractivity contribution in [2.75, 3.05) is 4.90 Å². The molecule has 2 N–H and O–H groups in total. The second kappa shape index (κ2) is 6.59. The third kappa shape index (κ3) is 3.04. The van der Waals surface area contributed by atoms with E-state index in [1.165, 1.54) is 22.8 Å². The summed E-state index contributed by atoms with van der Waals surface area (Å²) in [5.74, 6) is -5.30. The van der Waals surface area contributed by atoms with Crippen molar-refractivity contribution < 1.29 is 36.3 Å². The van der Waals surface area contributed by atoms with Gasteiger partial charge in [0.25, 0.3) is 17.5 Å². The molecule has 1 aliphatic heterocycles. The first kappa shape index (κ1) is 19.3. The number of halogens is 5. The average Bonchev–Trinajstić information content (AvgIpc) is 2.87. The Balaban J connectivity index is 2.02. The molecule has 4 amide bonds. The molecule has 1 saturated heterocycles. The van der Waals surface area contributed by atoms with Gasteiger partial charge in [-0.15, -0.1) is 0 Å². The predicted octanol–water partition coefficient (Wildman–Crippen LogP) is 2.71. The largest absolute Gasteiger partial charge is 0.440 e. The SMILES string of the molecule is O=C(NC1(C(F)(F)F)NC(=O)N(c2ccc(F)cc2)C1=O)c1ccccc1F. The van der Waals surface area contributed by atoms with E-state index in [0.717, 1.165) is 36.4 Å². The van der Waals surface area contributed by atoms with Gasteiger partial charge in [0.05, 0.1) is 11.3 Å². The smallest absolute Gasteiger partial charge is 0.314 e. The van der Waals surface area contributed by atoms with Crippen LogP contribution in [0.2, 0.25) is 0 Å². The van der Waals surface area contributed by atoms with Gasteiger partial charge >= 0.3 is 12.2 Å². The summed E-state index contributed by atoms with van der Waals surface area (Å²) in [6.07, 6.45) is -5.46. The van der Waals surface area contributed by atoms with Crippen LogP contribution in [0.15, 0.2) is 48.5 Å². The van der Waals surface area contributed by atoms with E-state index >= 15 is 0 Å². The first-order valence-electron chi connectivity index (χ1n) is 7.63. The molecule has 0 radical (unpaired) electrons. The number of nitrogens with one attached hydrogen (secondary N) is 2. The number of benzene rings is 2. The van der Waals surface area contributed by atoms with Crippen molar-refractivity contribution in [1.82, 2.24) is 10.6 Å². The maximum atomic E-state index is 13.7. The standard InChI is InChI=1S/C17H10F5N3O3/c18-9-5-7-10(8-6-9)25-14(27)16(17(20,21)22,24-15(25)28)23-13(26)11-3-1-2-4-12(11)19/h1-8H,(H,23,26)(H,24,28). The lowest BCUT2D eigenvalue weighted by Crippen LogP contribution is -2.69. The first-order chi connectivity index (χ1) is 13.1. The highest BCUT2D eigenvalue weighted by atomic mass is 19.4. The molecule has 1 atom stereocenters. The molecular formula is C17H10F5N3O3. The molecule has 3 rings (SSSR count). The molecule has 0 aliphatic carbocycles. The number of carbonyl (C=O) groups is 3. The zero-order valence-electron chi connectivity index (χ0n) is 13.7. The summed E-state index contributed by atoms with van der Waals surface area (Å²) in [5, 5.41) is 2.78. The molecule has 0 aromatic heterocycles. The molecule has 28 heavy (non-hydrogen) atoms. The minimum atomic E-state index is -5.46. The molecule has 11 heteroatoms. The highest BCUT2D eigenvalue weighted by Crippen LogP contribution is 2.36. The summed E-state index contributed by atoms with van der Waals surface area (Å²) >= 11 is 0. The number of urea groups is 1. The number of nitrogens with zero attached hydrogens (tertiary/aromatic N) is 1. The second-order valence-corrected chi connectivity index (χ2v) is 5.73. The number of alkyl halides is 3. The molecular weight excluding hydrogens is 389 g/mol. The van der Waals surface area contributed by atoms with E-state index in [1.807, 2.05) is 0 Å². The minimum Gasteiger partial charge on any atom is -0.314 e. The molecule has 1 aliphatic rings. The number of carbonyl (C=O) groups excluding carboxylic acids is 3. The Morgan fingerprint density at radius 1 is 1.00 bits per heavy atom. The monoisotopic (exact) mass is 399 g/mol. The van der Waals surface area contributed by atoms with E-state index in [1.54, 1.807) is 0 Å². The van der Waals surface area contributed by atoms with E-state index < -0.39 is 46.9 Å². The van der Waals surface area contributed by atoms with Crippen LogP contribution >= 0.6 is 0 Å². The van der Waals surface area contributed by atoms with Gasteiger partial charge in [-0.2, -0.15) is 13.2 Å². The van der Waals surface area contributed by atoms with Gasteiger partial charge in [-0.05, 0) is 36.4 Å². The van der Waals surface area contributed by atoms with Crippen LogP contribution in [0.25, 0.3) is 0 Å². The van der Waals surface area contributed by atoms with Crippen LogP contribution in [0.5, 0.6) is 0 Å². The van der Waals surface area contributed by atoms with Crippen molar-refractivity contribution in [3.63, 3.8) is 0 Å². The Kier molecular flexibility index (Phi) is 4.53. The summed E-state index contributed by atoms with van der Waals surface area (Å²) in [7, 11) is 0. The molecule has 146 valence electrons. The topological polar surface area (TPSA) is 78.5 Å². The average molecular weight is 399 g/mol. The van der Waals surface area contributed by atoms with Crippen molar-refractivity contribution >= 4 is 23.5 Å². The van der Waals surface area contributed by atoms with Crippen LogP contribution < -0.4 is 15.5 Å². The maximum Gasteiger partial charge on any atom is 0.440 e. The van der Waals surface area contributed by atoms with Crippen LogP contribution in [-0.4, -0.2) is 29.7 Å². The fourth-order valence-corrected chi connectivity index (χ4v) is 2.59. The number of hydrogen-bond donors (Lipinski definition) is 2. The fourth-order valence-electron chi connectivity index (χ4n) is 2.59. The minimum absolute atomic E-state index is 0.106. The number of amides is 4. The highest BCUT2D eigenvalue weighted by molar-refractivity contribution is 6.24. The lowest BCUT2D eigenvalue weighted by atomic mass is 10.1. The van der Waals surface area contributed by atoms with Crippen molar-refractivity contribution in [2.45, 2.75) is 11.8 Å². The van der Waals surface area contributed by atoms with Gasteiger partial charge in [0.15, 0.2) is 0 Å². The molecule has 0 spiro atoms. The van der Waals surface area contributed by atoms with E-state index in [9.17, 15) is 36.3 Å². The maximum absolute atomic E-state index is 13.7. The van der Waals surface area contributed by atoms with Gasteiger partial charge in [0, 0.05) is 0 Å². The van der Waals surface area contributed by atoms with E-state index in [4.69, 9.17) is 0 Å². The molecule has 1 fully saturated rings. The van der Waals surface area contributed by atoms with Crippen molar-refractivity contribution in [2.24, 2.45) is 0 Å². The van der Waals surface area contributed by atoms with Gasteiger partial charge in [0.1, 0.15) is 11.6 Å². The van der Waals surface area contributed by atoms with E-state index in [0.29, 0.717) is 0 Å². The zero-order valence-corrected chi connectivity index (χ0v) is 13.7. The molecule has 0 bridgehead atoms. The lowest BCUT2D eigenvalue weighted by Gasteiger charge is -2.29. The first-order valence-corrected chi connectivity index (χ1v) is 7.63. The Morgan fingerprint density at radius 3 is 2.18 bits per heavy atom. The van der Waals surface area contributed by atoms with Gasteiger partial charge in [-0.25, -0.2) is 18.5 Å². The summed E-state index contributed by atoms with van der Waals surface area (Å²) < 4.78 is 68.0. The molecule has 2 aromatic carbocycles. The molecule has 0 saturated carbocycles. The Morgan fingerprint density at radius 2 is 1.61 bits per heavy atom. The molecule has 6 nitrogen and oxygen atoms in total. The number of hydrogen-bond acceptors (Lipinski definition) is 3. The van der Waals surface area contributed by atoms with E-state index in [-0.39, 0.29) is 10.6 Å². The van der Waals surface area contributed by atoms with Crippen LogP contribution in [-0.2, 0) is 4.79 Å². The number of rotatable bonds is 3. The molecule has 1 heterocycles. The van der Waals surface area contributed by atoms with Gasteiger partial charge < -0.3 is 5.32 Å². The summed E-state index contributed by atoms with van der Waals surface area (Å²) in [6.45, 7) is 0. The van der Waals surface area contributed by atoms with Gasteiger partial charge in [-0.1, -0.05) is 12.1 Å². The zero-order chi connectivity index (χ0) is 20.7. The fraction of sp³-hybridized carbons (Fsp3) is 0.118. The second-order valence-electron chi connectivity index (χ2n) is 5.73. The van der Waals surface area contributed by atoms with Crippen molar-refractivity contribution in [3.05, 3.63) is 65.7 Å². The van der Waals surface area contributed by atoms with Gasteiger partial charge in [0.2, 0.25) is 0 Å². The lowest BCUT2D eigenvalue weighted by molar-refractivity contribution is -0.197. The Hall–Kier alpha value is -3.50. The Labute approximate surface area is 153 Å². The predicted molar refractivity (Wildman–Crippen MR) is 85.1 cm³/mol. The number of imide groups is 1. The molecule has 2 aromatic rings. The summed E-state index contributed by atoms with van der Waals surface area (Å²) in [5.41, 5.74) is -4.93. The van der Waals surface area contributed by atoms with Crippen LogP contribution in [0.3, 0.4) is 0 Å². The summed E-state index contributed by atoms with van der Waals surface area (Å²) in [6, 6.07) is 6.17. The summed E-state index contributed by atoms with van der Waals surface area (Å²) in [4.78, 5) is 36.9.